The largest absolute Gasteiger partial charge is 0.357 e. The molecule has 126 valence electrons. The fourth-order valence-corrected chi connectivity index (χ4v) is 2.86. The van der Waals surface area contributed by atoms with E-state index in [2.05, 4.69) is 15.6 Å². The normalized spacial score (nSPS) is 14.9. The molecule has 0 saturated carbocycles. The Morgan fingerprint density at radius 3 is 2.65 bits per heavy atom. The summed E-state index contributed by atoms with van der Waals surface area (Å²) in [7, 11) is 0. The zero-order valence-electron chi connectivity index (χ0n) is 13.2. The number of hydrogen-bond acceptors (Lipinski definition) is 2. The molecule has 0 atom stereocenters. The minimum Gasteiger partial charge on any atom is -0.357 e. The van der Waals surface area contributed by atoms with Crippen molar-refractivity contribution in [3.05, 3.63) is 33.8 Å². The van der Waals surface area contributed by atoms with Crippen LogP contribution >= 0.6 is 23.2 Å². The number of carbonyl (C=O) groups excluding carboxylic acids is 1. The molecule has 0 unspecified atom stereocenters. The molecule has 7 heteroatoms. The van der Waals surface area contributed by atoms with Crippen LogP contribution in [0.15, 0.2) is 23.2 Å². The Bertz CT molecular complexity index is 571. The minimum absolute atomic E-state index is 0.109. The van der Waals surface area contributed by atoms with Gasteiger partial charge in [-0.3, -0.25) is 4.79 Å². The number of likely N-dealkylation sites (tertiary alicyclic amines) is 1. The maximum Gasteiger partial charge on any atom is 0.241 e. The van der Waals surface area contributed by atoms with Crippen molar-refractivity contribution in [2.75, 3.05) is 26.2 Å². The summed E-state index contributed by atoms with van der Waals surface area (Å²) < 4.78 is 0. The summed E-state index contributed by atoms with van der Waals surface area (Å²) >= 11 is 12.0. The van der Waals surface area contributed by atoms with Gasteiger partial charge in [-0.1, -0.05) is 29.3 Å². The van der Waals surface area contributed by atoms with E-state index in [1.807, 2.05) is 17.9 Å². The molecular weight excluding hydrogens is 335 g/mol. The summed E-state index contributed by atoms with van der Waals surface area (Å²) in [6.45, 7) is 5.08. The molecular formula is C16H22Cl2N4O. The monoisotopic (exact) mass is 356 g/mol. The van der Waals surface area contributed by atoms with E-state index < -0.39 is 0 Å². The Morgan fingerprint density at radius 2 is 2.00 bits per heavy atom. The first-order valence-corrected chi connectivity index (χ1v) is 8.59. The molecule has 1 aromatic carbocycles. The molecule has 0 spiro atoms. The van der Waals surface area contributed by atoms with Gasteiger partial charge in [0.15, 0.2) is 5.96 Å². The lowest BCUT2D eigenvalue weighted by molar-refractivity contribution is -0.128. The molecule has 5 nitrogen and oxygen atoms in total. The fourth-order valence-electron chi connectivity index (χ4n) is 2.39. The number of nitrogens with zero attached hydrogens (tertiary/aromatic N) is 2. The number of nitrogens with one attached hydrogen (secondary N) is 2. The molecule has 0 aromatic heterocycles. The van der Waals surface area contributed by atoms with E-state index >= 15 is 0 Å². The van der Waals surface area contributed by atoms with Gasteiger partial charge in [-0.25, -0.2) is 4.99 Å². The van der Waals surface area contributed by atoms with Crippen LogP contribution in [0.5, 0.6) is 0 Å². The molecule has 2 rings (SSSR count). The number of rotatable bonds is 5. The number of guanidine groups is 1. The van der Waals surface area contributed by atoms with Crippen LogP contribution in [0.3, 0.4) is 0 Å². The van der Waals surface area contributed by atoms with E-state index in [0.29, 0.717) is 22.5 Å². The number of halogens is 2. The molecule has 1 heterocycles. The van der Waals surface area contributed by atoms with Crippen LogP contribution in [0.4, 0.5) is 0 Å². The Hall–Kier alpha value is -1.46. The number of amides is 1. The summed E-state index contributed by atoms with van der Waals surface area (Å²) in [6.07, 6.45) is 2.18. The molecule has 23 heavy (non-hydrogen) atoms. The number of carbonyl (C=O) groups is 1. The van der Waals surface area contributed by atoms with Crippen molar-refractivity contribution in [3.8, 4) is 0 Å². The highest BCUT2D eigenvalue weighted by molar-refractivity contribution is 6.35. The van der Waals surface area contributed by atoms with Gasteiger partial charge in [0.25, 0.3) is 0 Å². The van der Waals surface area contributed by atoms with Crippen LogP contribution in [0.1, 0.15) is 25.3 Å². The second-order valence-electron chi connectivity index (χ2n) is 5.37. The molecule has 1 aromatic rings. The second kappa shape index (κ2) is 8.99. The quantitative estimate of drug-likeness (QED) is 0.629. The van der Waals surface area contributed by atoms with Gasteiger partial charge in [-0.2, -0.15) is 0 Å². The maximum absolute atomic E-state index is 12.1. The Kier molecular flexibility index (Phi) is 6.99. The number of hydrogen-bond donors (Lipinski definition) is 2. The smallest absolute Gasteiger partial charge is 0.241 e. The topological polar surface area (TPSA) is 56.7 Å². The van der Waals surface area contributed by atoms with Gasteiger partial charge >= 0.3 is 0 Å². The number of benzene rings is 1. The summed E-state index contributed by atoms with van der Waals surface area (Å²) in [5.41, 5.74) is 0.888. The first-order chi connectivity index (χ1) is 11.1. The van der Waals surface area contributed by atoms with E-state index in [0.717, 1.165) is 38.0 Å². The van der Waals surface area contributed by atoms with Crippen LogP contribution < -0.4 is 10.6 Å². The van der Waals surface area contributed by atoms with Crippen LogP contribution in [0.25, 0.3) is 0 Å². The van der Waals surface area contributed by atoms with Gasteiger partial charge in [-0.05, 0) is 37.5 Å². The van der Waals surface area contributed by atoms with Crippen molar-refractivity contribution >= 4 is 35.1 Å². The van der Waals surface area contributed by atoms with Crippen LogP contribution in [-0.4, -0.2) is 42.9 Å². The van der Waals surface area contributed by atoms with Gasteiger partial charge in [0.2, 0.25) is 5.91 Å². The highest BCUT2D eigenvalue weighted by Crippen LogP contribution is 2.21. The molecule has 1 saturated heterocycles. The molecule has 0 aliphatic carbocycles. The third-order valence-corrected chi connectivity index (χ3v) is 4.22. The van der Waals surface area contributed by atoms with E-state index in [-0.39, 0.29) is 12.5 Å². The lowest BCUT2D eigenvalue weighted by Crippen LogP contribution is -2.44. The van der Waals surface area contributed by atoms with Crippen LogP contribution in [0.2, 0.25) is 10.0 Å². The zero-order valence-corrected chi connectivity index (χ0v) is 14.8. The molecule has 1 aliphatic rings. The average molecular weight is 357 g/mol. The van der Waals surface area contributed by atoms with Gasteiger partial charge in [0.05, 0.1) is 13.1 Å². The van der Waals surface area contributed by atoms with Crippen molar-refractivity contribution in [1.29, 1.82) is 0 Å². The van der Waals surface area contributed by atoms with Gasteiger partial charge < -0.3 is 15.5 Å². The zero-order chi connectivity index (χ0) is 16.7. The summed E-state index contributed by atoms with van der Waals surface area (Å²) in [6, 6.07) is 5.34. The Balaban J connectivity index is 1.92. The maximum atomic E-state index is 12.1. The third-order valence-electron chi connectivity index (χ3n) is 3.63. The SMILES string of the molecule is CCNC(=NCc1ccc(Cl)cc1Cl)NCC(=O)N1CCCC1. The minimum atomic E-state index is 0.109. The molecule has 2 N–H and O–H groups in total. The lowest BCUT2D eigenvalue weighted by Gasteiger charge is -2.17. The predicted octanol–water partition coefficient (Wildman–Crippen LogP) is 2.67. The van der Waals surface area contributed by atoms with Crippen LogP contribution in [-0.2, 0) is 11.3 Å². The van der Waals surface area contributed by atoms with Gasteiger partial charge in [-0.15, -0.1) is 0 Å². The van der Waals surface area contributed by atoms with Crippen LogP contribution in [0, 0.1) is 0 Å². The highest BCUT2D eigenvalue weighted by Gasteiger charge is 2.17. The molecule has 1 fully saturated rings. The van der Waals surface area contributed by atoms with E-state index in [4.69, 9.17) is 23.2 Å². The fraction of sp³-hybridized carbons (Fsp3) is 0.500. The first kappa shape index (κ1) is 17.9. The molecule has 1 aliphatic heterocycles. The van der Waals surface area contributed by atoms with E-state index in [9.17, 15) is 4.79 Å². The summed E-state index contributed by atoms with van der Waals surface area (Å²) in [4.78, 5) is 18.4. The van der Waals surface area contributed by atoms with Gasteiger partial charge in [0.1, 0.15) is 0 Å². The van der Waals surface area contributed by atoms with E-state index in [1.165, 1.54) is 0 Å². The summed E-state index contributed by atoms with van der Waals surface area (Å²) in [5.74, 6) is 0.712. The molecule has 0 bridgehead atoms. The van der Waals surface area contributed by atoms with E-state index in [1.54, 1.807) is 12.1 Å². The average Bonchev–Trinajstić information content (AvgIpc) is 3.05. The van der Waals surface area contributed by atoms with Crippen molar-refractivity contribution in [3.63, 3.8) is 0 Å². The van der Waals surface area contributed by atoms with Crippen molar-refractivity contribution in [1.82, 2.24) is 15.5 Å². The highest BCUT2D eigenvalue weighted by atomic mass is 35.5. The van der Waals surface area contributed by atoms with Crippen molar-refractivity contribution < 1.29 is 4.79 Å². The predicted molar refractivity (Wildman–Crippen MR) is 95.1 cm³/mol. The number of aliphatic imine (C=N–C) groups is 1. The molecule has 1 amide bonds. The first-order valence-electron chi connectivity index (χ1n) is 7.84. The Labute approximate surface area is 147 Å². The third kappa shape index (κ3) is 5.59. The Morgan fingerprint density at radius 1 is 1.26 bits per heavy atom. The second-order valence-corrected chi connectivity index (χ2v) is 6.22. The van der Waals surface area contributed by atoms with Crippen molar-refractivity contribution in [2.45, 2.75) is 26.3 Å². The standard InChI is InChI=1S/C16H22Cl2N4O/c1-2-19-16(21-11-15(23)22-7-3-4-8-22)20-10-12-5-6-13(17)9-14(12)18/h5-6,9H,2-4,7-8,10-11H2,1H3,(H2,19,20,21). The van der Waals surface area contributed by atoms with Gasteiger partial charge in [0, 0.05) is 29.7 Å². The lowest BCUT2D eigenvalue weighted by atomic mass is 10.2. The summed E-state index contributed by atoms with van der Waals surface area (Å²) in [5, 5.41) is 7.39. The van der Waals surface area contributed by atoms with Crippen molar-refractivity contribution in [2.24, 2.45) is 4.99 Å². The molecule has 0 radical (unpaired) electrons.